The van der Waals surface area contributed by atoms with E-state index in [-0.39, 0.29) is 0 Å². The van der Waals surface area contributed by atoms with Gasteiger partial charge in [-0.15, -0.1) is 11.3 Å². The van der Waals surface area contributed by atoms with E-state index >= 15 is 0 Å². The molecule has 1 aromatic carbocycles. The van der Waals surface area contributed by atoms with E-state index in [2.05, 4.69) is 49.9 Å². The van der Waals surface area contributed by atoms with Crippen LogP contribution in [-0.2, 0) is 0 Å². The van der Waals surface area contributed by atoms with Crippen molar-refractivity contribution in [1.82, 2.24) is 4.98 Å². The second-order valence-electron chi connectivity index (χ2n) is 6.46. The number of allylic oxidation sites excluding steroid dienone is 3. The fourth-order valence-electron chi connectivity index (χ4n) is 3.34. The normalized spacial score (nSPS) is 16.1. The van der Waals surface area contributed by atoms with Crippen molar-refractivity contribution in [3.8, 4) is 11.3 Å². The number of nitrogens with zero attached hydrogens (tertiary/aromatic N) is 1. The summed E-state index contributed by atoms with van der Waals surface area (Å²) < 4.78 is 0. The summed E-state index contributed by atoms with van der Waals surface area (Å²) in [5.41, 5.74) is 4.67. The van der Waals surface area contributed by atoms with Crippen molar-refractivity contribution in [2.24, 2.45) is 0 Å². The van der Waals surface area contributed by atoms with Crippen molar-refractivity contribution < 1.29 is 0 Å². The molecule has 1 saturated carbocycles. The van der Waals surface area contributed by atoms with E-state index in [9.17, 15) is 0 Å². The molecule has 1 heterocycles. The average Bonchev–Trinajstić information content (AvgIpc) is 3.01. The Kier molecular flexibility index (Phi) is 5.12. The van der Waals surface area contributed by atoms with Crippen molar-refractivity contribution in [3.05, 3.63) is 58.4 Å². The topological polar surface area (TPSA) is 12.9 Å². The van der Waals surface area contributed by atoms with E-state index < -0.39 is 0 Å². The Morgan fingerprint density at radius 2 is 2.04 bits per heavy atom. The molecule has 0 radical (unpaired) electrons. The lowest BCUT2D eigenvalue weighted by Gasteiger charge is -2.18. The molecule has 1 aliphatic rings. The largest absolute Gasteiger partial charge is 0.240 e. The maximum Gasteiger partial charge on any atom is 0.0969 e. The molecule has 2 heteroatoms. The van der Waals surface area contributed by atoms with Crippen molar-refractivity contribution in [2.45, 2.75) is 51.9 Å². The summed E-state index contributed by atoms with van der Waals surface area (Å²) in [7, 11) is 0. The summed E-state index contributed by atoms with van der Waals surface area (Å²) in [5, 5.41) is 1.31. The van der Waals surface area contributed by atoms with E-state index in [1.807, 2.05) is 18.3 Å². The van der Waals surface area contributed by atoms with E-state index in [1.165, 1.54) is 53.1 Å². The predicted molar refractivity (Wildman–Crippen MR) is 102 cm³/mol. The van der Waals surface area contributed by atoms with Crippen molar-refractivity contribution >= 4 is 16.9 Å². The van der Waals surface area contributed by atoms with Gasteiger partial charge in [-0.25, -0.2) is 4.98 Å². The van der Waals surface area contributed by atoms with E-state index in [4.69, 9.17) is 4.98 Å². The summed E-state index contributed by atoms with van der Waals surface area (Å²) in [6, 6.07) is 8.65. The van der Waals surface area contributed by atoms with Crippen LogP contribution in [-0.4, -0.2) is 4.98 Å². The molecule has 0 spiro atoms. The number of hydrogen-bond acceptors (Lipinski definition) is 2. The first-order chi connectivity index (χ1) is 11.2. The minimum absolute atomic E-state index is 0.643. The molecule has 0 bridgehead atoms. The fraction of sp³-hybridized carbons (Fsp3) is 0.381. The molecule has 0 aliphatic heterocycles. The van der Waals surface area contributed by atoms with Crippen molar-refractivity contribution in [3.63, 3.8) is 0 Å². The van der Waals surface area contributed by atoms with E-state index in [1.54, 1.807) is 0 Å². The molecule has 23 heavy (non-hydrogen) atoms. The Hall–Kier alpha value is -1.67. The first-order valence-corrected chi connectivity index (χ1v) is 9.40. The van der Waals surface area contributed by atoms with Gasteiger partial charge < -0.3 is 0 Å². The van der Waals surface area contributed by atoms with Crippen LogP contribution < -0.4 is 0 Å². The smallest absolute Gasteiger partial charge is 0.0969 e. The van der Waals surface area contributed by atoms with Crippen LogP contribution in [0.2, 0.25) is 0 Å². The summed E-state index contributed by atoms with van der Waals surface area (Å²) in [6.07, 6.45) is 10.8. The second kappa shape index (κ2) is 7.27. The molecular weight excluding hydrogens is 298 g/mol. The minimum Gasteiger partial charge on any atom is -0.240 e. The third-order valence-corrected chi connectivity index (χ3v) is 5.84. The van der Waals surface area contributed by atoms with Gasteiger partial charge in [0.25, 0.3) is 0 Å². The highest BCUT2D eigenvalue weighted by Crippen LogP contribution is 2.41. The lowest BCUT2D eigenvalue weighted by Crippen LogP contribution is -2.03. The maximum absolute atomic E-state index is 5.07. The van der Waals surface area contributed by atoms with Crippen LogP contribution in [0.3, 0.4) is 0 Å². The number of thiazole rings is 1. The SMILES string of the molecule is C=C(/C=C\C)c1sc(C2CCCCC2)nc1-c1cccc(C)c1. The highest BCUT2D eigenvalue weighted by molar-refractivity contribution is 7.13. The summed E-state index contributed by atoms with van der Waals surface area (Å²) in [5.74, 6) is 0.643. The average molecular weight is 324 g/mol. The first-order valence-electron chi connectivity index (χ1n) is 8.58. The van der Waals surface area contributed by atoms with Gasteiger partial charge in [-0.3, -0.25) is 0 Å². The number of hydrogen-bond donors (Lipinski definition) is 0. The Balaban J connectivity index is 2.04. The van der Waals surface area contributed by atoms with Crippen molar-refractivity contribution in [2.75, 3.05) is 0 Å². The monoisotopic (exact) mass is 323 g/mol. The molecule has 1 aliphatic carbocycles. The van der Waals surface area contributed by atoms with Gasteiger partial charge in [-0.1, -0.05) is 61.8 Å². The molecule has 2 aromatic rings. The number of aryl methyl sites for hydroxylation is 1. The lowest BCUT2D eigenvalue weighted by atomic mass is 9.90. The Morgan fingerprint density at radius 1 is 1.26 bits per heavy atom. The molecular formula is C21H25NS. The molecule has 1 aromatic heterocycles. The molecule has 1 fully saturated rings. The molecule has 0 N–H and O–H groups in total. The number of benzene rings is 1. The minimum atomic E-state index is 0.643. The second-order valence-corrected chi connectivity index (χ2v) is 7.49. The zero-order valence-electron chi connectivity index (χ0n) is 14.1. The number of aromatic nitrogens is 1. The van der Waals surface area contributed by atoms with Gasteiger partial charge in [-0.2, -0.15) is 0 Å². The van der Waals surface area contributed by atoms with Crippen LogP contribution >= 0.6 is 11.3 Å². The van der Waals surface area contributed by atoms with Crippen LogP contribution in [0.4, 0.5) is 0 Å². The van der Waals surface area contributed by atoms with Crippen LogP contribution in [0.5, 0.6) is 0 Å². The van der Waals surface area contributed by atoms with E-state index in [0.29, 0.717) is 5.92 Å². The van der Waals surface area contributed by atoms with Gasteiger partial charge >= 0.3 is 0 Å². The van der Waals surface area contributed by atoms with Gasteiger partial charge in [-0.05, 0) is 38.3 Å². The van der Waals surface area contributed by atoms with Crippen LogP contribution in [0.15, 0.2) is 43.0 Å². The van der Waals surface area contributed by atoms with Gasteiger partial charge in [0.2, 0.25) is 0 Å². The Bertz CT molecular complexity index is 717. The molecule has 3 rings (SSSR count). The van der Waals surface area contributed by atoms with Gasteiger partial charge in [0.1, 0.15) is 0 Å². The van der Waals surface area contributed by atoms with Gasteiger partial charge in [0, 0.05) is 11.5 Å². The van der Waals surface area contributed by atoms with Crippen LogP contribution in [0.25, 0.3) is 16.8 Å². The van der Waals surface area contributed by atoms with Crippen LogP contribution in [0.1, 0.15) is 60.4 Å². The highest BCUT2D eigenvalue weighted by Gasteiger charge is 2.22. The fourth-order valence-corrected chi connectivity index (χ4v) is 4.55. The van der Waals surface area contributed by atoms with Crippen molar-refractivity contribution in [1.29, 1.82) is 0 Å². The maximum atomic E-state index is 5.07. The molecule has 0 unspecified atom stereocenters. The zero-order chi connectivity index (χ0) is 16.2. The van der Waals surface area contributed by atoms with Gasteiger partial charge in [0.05, 0.1) is 15.6 Å². The quantitative estimate of drug-likeness (QED) is 0.567. The highest BCUT2D eigenvalue weighted by atomic mass is 32.1. The summed E-state index contributed by atoms with van der Waals surface area (Å²) >= 11 is 1.85. The molecule has 1 nitrogen and oxygen atoms in total. The Morgan fingerprint density at radius 3 is 2.74 bits per heavy atom. The first kappa shape index (κ1) is 16.2. The molecule has 0 atom stereocenters. The predicted octanol–water partition coefficient (Wildman–Crippen LogP) is 6.76. The zero-order valence-corrected chi connectivity index (χ0v) is 15.0. The lowest BCUT2D eigenvalue weighted by molar-refractivity contribution is 0.442. The number of rotatable bonds is 4. The molecule has 0 saturated heterocycles. The standard InChI is InChI=1S/C21H25NS/c1-4-9-16(3)20-19(18-13-8-10-15(2)14-18)22-21(23-20)17-11-6-5-7-12-17/h4,8-10,13-14,17H,3,5-7,11-12H2,1-2H3/b9-4-. The third-order valence-electron chi connectivity index (χ3n) is 4.55. The van der Waals surface area contributed by atoms with Gasteiger partial charge in [0.15, 0.2) is 0 Å². The molecule has 0 amide bonds. The third kappa shape index (κ3) is 3.64. The summed E-state index contributed by atoms with van der Waals surface area (Å²) in [4.78, 5) is 6.30. The Labute approximate surface area is 143 Å². The summed E-state index contributed by atoms with van der Waals surface area (Å²) in [6.45, 7) is 8.44. The van der Waals surface area contributed by atoms with E-state index in [0.717, 1.165) is 11.3 Å². The van der Waals surface area contributed by atoms with Crippen LogP contribution in [0, 0.1) is 6.92 Å². The molecule has 120 valence electrons.